The van der Waals surface area contributed by atoms with Gasteiger partial charge in [0.15, 0.2) is 5.69 Å². The fourth-order valence-corrected chi connectivity index (χ4v) is 1.32. The summed E-state index contributed by atoms with van der Waals surface area (Å²) in [4.78, 5) is 13.6. The van der Waals surface area contributed by atoms with Gasteiger partial charge in [0.2, 0.25) is 0 Å². The second kappa shape index (κ2) is 4.75. The van der Waals surface area contributed by atoms with Gasteiger partial charge in [-0.2, -0.15) is 13.2 Å². The highest BCUT2D eigenvalue weighted by molar-refractivity contribution is 5.91. The number of rotatable bonds is 3. The highest BCUT2D eigenvalue weighted by atomic mass is 19.4. The minimum atomic E-state index is -5.15. The van der Waals surface area contributed by atoms with Crippen LogP contribution in [0.2, 0.25) is 0 Å². The molecule has 0 aliphatic carbocycles. The summed E-state index contributed by atoms with van der Waals surface area (Å²) in [6.07, 6.45) is -8.17. The Bertz CT molecular complexity index is 472. The Balaban J connectivity index is 3.68. The van der Waals surface area contributed by atoms with Crippen LogP contribution in [0.15, 0.2) is 6.20 Å². The van der Waals surface area contributed by atoms with Crippen LogP contribution in [0.4, 0.5) is 22.0 Å². The highest BCUT2D eigenvalue weighted by Crippen LogP contribution is 2.38. The molecule has 0 aromatic carbocycles. The van der Waals surface area contributed by atoms with Crippen LogP contribution in [0.1, 0.15) is 28.0 Å². The number of hydrogen-bond donors (Lipinski definition) is 1. The van der Waals surface area contributed by atoms with E-state index in [2.05, 4.69) is 9.72 Å². The van der Waals surface area contributed by atoms with Crippen molar-refractivity contribution in [3.63, 3.8) is 0 Å². The van der Waals surface area contributed by atoms with Gasteiger partial charge in [-0.1, -0.05) is 0 Å². The van der Waals surface area contributed by atoms with Crippen molar-refractivity contribution in [1.82, 2.24) is 4.98 Å². The Morgan fingerprint density at radius 3 is 2.33 bits per heavy atom. The maximum atomic E-state index is 12.7. The molecule has 0 radical (unpaired) electrons. The lowest BCUT2D eigenvalue weighted by Crippen LogP contribution is -2.18. The third kappa shape index (κ3) is 2.49. The minimum Gasteiger partial charge on any atom is -0.495 e. The van der Waals surface area contributed by atoms with Crippen molar-refractivity contribution in [3.8, 4) is 5.75 Å². The number of ether oxygens (including phenoxy) is 1. The molecular weight excluding hydrogens is 265 g/mol. The second-order valence-corrected chi connectivity index (χ2v) is 3.07. The van der Waals surface area contributed by atoms with E-state index in [1.807, 2.05) is 0 Å². The maximum absolute atomic E-state index is 12.7. The fourth-order valence-electron chi connectivity index (χ4n) is 1.32. The van der Waals surface area contributed by atoms with Gasteiger partial charge in [-0.3, -0.25) is 0 Å². The Morgan fingerprint density at radius 1 is 1.44 bits per heavy atom. The molecule has 100 valence electrons. The van der Waals surface area contributed by atoms with Crippen molar-refractivity contribution in [1.29, 1.82) is 0 Å². The van der Waals surface area contributed by atoms with Gasteiger partial charge < -0.3 is 9.84 Å². The number of nitrogens with zero attached hydrogens (tertiary/aromatic N) is 1. The molecule has 0 bridgehead atoms. The molecule has 1 rings (SSSR count). The molecule has 0 atom stereocenters. The summed E-state index contributed by atoms with van der Waals surface area (Å²) < 4.78 is 67.2. The van der Waals surface area contributed by atoms with E-state index in [1.165, 1.54) is 0 Å². The Morgan fingerprint density at radius 2 is 2.00 bits per heavy atom. The number of pyridine rings is 1. The molecule has 0 saturated heterocycles. The van der Waals surface area contributed by atoms with Crippen LogP contribution in [0.5, 0.6) is 5.75 Å². The SMILES string of the molecule is COc1cnc(C(F)(F)F)c(C(=O)O)c1C(F)F. The molecule has 1 heterocycles. The number of carboxylic acid groups (broad SMARTS) is 1. The van der Waals surface area contributed by atoms with Crippen LogP contribution in [-0.2, 0) is 6.18 Å². The number of aromatic nitrogens is 1. The van der Waals surface area contributed by atoms with Crippen molar-refractivity contribution in [2.75, 3.05) is 7.11 Å². The maximum Gasteiger partial charge on any atom is 0.434 e. The predicted octanol–water partition coefficient (Wildman–Crippen LogP) is 2.74. The second-order valence-electron chi connectivity index (χ2n) is 3.07. The monoisotopic (exact) mass is 271 g/mol. The van der Waals surface area contributed by atoms with Crippen LogP contribution in [0.3, 0.4) is 0 Å². The summed E-state index contributed by atoms with van der Waals surface area (Å²) in [6, 6.07) is 0. The number of carboxylic acids is 1. The fraction of sp³-hybridized carbons (Fsp3) is 0.333. The molecule has 18 heavy (non-hydrogen) atoms. The third-order valence-corrected chi connectivity index (χ3v) is 2.00. The van der Waals surface area contributed by atoms with Gasteiger partial charge in [-0.25, -0.2) is 18.6 Å². The number of methoxy groups -OCH3 is 1. The zero-order valence-corrected chi connectivity index (χ0v) is 8.76. The van der Waals surface area contributed by atoms with Crippen LogP contribution in [0, 0.1) is 0 Å². The van der Waals surface area contributed by atoms with Crippen LogP contribution < -0.4 is 4.74 Å². The van der Waals surface area contributed by atoms with Crippen molar-refractivity contribution in [3.05, 3.63) is 23.0 Å². The molecule has 0 amide bonds. The standard InChI is InChI=1S/C9H6F5NO3/c1-18-3-2-15-6(9(12,13)14)5(8(16)17)4(3)7(10)11/h2,7H,1H3,(H,16,17). The summed E-state index contributed by atoms with van der Waals surface area (Å²) in [5.41, 5.74) is -4.82. The molecular formula is C9H6F5NO3. The zero-order valence-electron chi connectivity index (χ0n) is 8.76. The molecule has 0 saturated carbocycles. The molecule has 0 aliphatic heterocycles. The van der Waals surface area contributed by atoms with Gasteiger partial charge in [0, 0.05) is 0 Å². The molecule has 1 N–H and O–H groups in total. The molecule has 0 unspecified atom stereocenters. The number of carbonyl (C=O) groups is 1. The van der Waals surface area contributed by atoms with E-state index in [1.54, 1.807) is 0 Å². The molecule has 0 spiro atoms. The van der Waals surface area contributed by atoms with E-state index in [-0.39, 0.29) is 0 Å². The van der Waals surface area contributed by atoms with Gasteiger partial charge in [0.1, 0.15) is 11.3 Å². The lowest BCUT2D eigenvalue weighted by Gasteiger charge is -2.15. The van der Waals surface area contributed by atoms with Crippen molar-refractivity contribution >= 4 is 5.97 Å². The topological polar surface area (TPSA) is 59.4 Å². The molecule has 0 aliphatic rings. The van der Waals surface area contributed by atoms with E-state index in [0.29, 0.717) is 6.20 Å². The average Bonchev–Trinajstić information content (AvgIpc) is 2.25. The quantitative estimate of drug-likeness (QED) is 0.859. The molecule has 1 aromatic rings. The number of hydrogen-bond acceptors (Lipinski definition) is 3. The van der Waals surface area contributed by atoms with Gasteiger partial charge in [-0.15, -0.1) is 0 Å². The van der Waals surface area contributed by atoms with E-state index in [9.17, 15) is 26.7 Å². The average molecular weight is 271 g/mol. The predicted molar refractivity (Wildman–Crippen MR) is 47.7 cm³/mol. The van der Waals surface area contributed by atoms with Crippen molar-refractivity contribution in [2.45, 2.75) is 12.6 Å². The summed E-state index contributed by atoms with van der Waals surface area (Å²) in [7, 11) is 0.918. The largest absolute Gasteiger partial charge is 0.495 e. The van der Waals surface area contributed by atoms with Crippen LogP contribution in [0.25, 0.3) is 0 Å². The summed E-state index contributed by atoms with van der Waals surface area (Å²) in [5.74, 6) is -2.86. The first kappa shape index (κ1) is 14.1. The van der Waals surface area contributed by atoms with E-state index < -0.39 is 41.1 Å². The summed E-state index contributed by atoms with van der Waals surface area (Å²) in [6.45, 7) is 0. The zero-order chi connectivity index (χ0) is 14.1. The van der Waals surface area contributed by atoms with Crippen molar-refractivity contribution in [2.24, 2.45) is 0 Å². The normalized spacial score (nSPS) is 11.7. The van der Waals surface area contributed by atoms with Gasteiger partial charge in [0.05, 0.1) is 18.9 Å². The Kier molecular flexibility index (Phi) is 3.73. The summed E-state index contributed by atoms with van der Waals surface area (Å²) >= 11 is 0. The van der Waals surface area contributed by atoms with E-state index in [0.717, 1.165) is 7.11 Å². The minimum absolute atomic E-state index is 0.413. The smallest absolute Gasteiger partial charge is 0.434 e. The molecule has 9 heteroatoms. The number of alkyl halides is 5. The molecule has 0 fully saturated rings. The Hall–Kier alpha value is -1.93. The Labute approximate surface area is 97.0 Å². The lowest BCUT2D eigenvalue weighted by molar-refractivity contribution is -0.141. The number of halogens is 5. The molecule has 4 nitrogen and oxygen atoms in total. The van der Waals surface area contributed by atoms with Gasteiger partial charge in [0.25, 0.3) is 6.43 Å². The highest BCUT2D eigenvalue weighted by Gasteiger charge is 2.41. The van der Waals surface area contributed by atoms with Crippen LogP contribution >= 0.6 is 0 Å². The van der Waals surface area contributed by atoms with Gasteiger partial charge >= 0.3 is 12.1 Å². The first-order chi connectivity index (χ1) is 8.20. The lowest BCUT2D eigenvalue weighted by atomic mass is 10.1. The van der Waals surface area contributed by atoms with Crippen LogP contribution in [-0.4, -0.2) is 23.2 Å². The van der Waals surface area contributed by atoms with E-state index in [4.69, 9.17) is 5.11 Å². The first-order valence-corrected chi connectivity index (χ1v) is 4.35. The van der Waals surface area contributed by atoms with Crippen molar-refractivity contribution < 1.29 is 36.6 Å². The van der Waals surface area contributed by atoms with Gasteiger partial charge in [-0.05, 0) is 0 Å². The summed E-state index contributed by atoms with van der Waals surface area (Å²) in [5, 5.41) is 8.65. The van der Waals surface area contributed by atoms with E-state index >= 15 is 0 Å². The first-order valence-electron chi connectivity index (χ1n) is 4.35. The number of aromatic carboxylic acids is 1. The third-order valence-electron chi connectivity index (χ3n) is 2.00. The molecule has 1 aromatic heterocycles.